The summed E-state index contributed by atoms with van der Waals surface area (Å²) in [6.07, 6.45) is 0. The van der Waals surface area contributed by atoms with E-state index in [-0.39, 0.29) is 5.69 Å². The highest BCUT2D eigenvalue weighted by molar-refractivity contribution is 5.99. The molecule has 2 N–H and O–H groups in total. The van der Waals surface area contributed by atoms with E-state index in [0.29, 0.717) is 17.3 Å². The molecule has 2 amide bonds. The Bertz CT molecular complexity index is 915. The van der Waals surface area contributed by atoms with Crippen molar-refractivity contribution in [3.63, 3.8) is 0 Å². The third kappa shape index (κ3) is 4.10. The quantitative estimate of drug-likeness (QED) is 0.739. The number of aromatic nitrogens is 2. The van der Waals surface area contributed by atoms with Crippen LogP contribution in [0, 0.1) is 11.6 Å². The average Bonchev–Trinajstić information content (AvgIpc) is 2.65. The van der Waals surface area contributed by atoms with Gasteiger partial charge in [0, 0.05) is 23.4 Å². The van der Waals surface area contributed by atoms with E-state index < -0.39 is 17.7 Å². The van der Waals surface area contributed by atoms with Crippen molar-refractivity contribution < 1.29 is 18.3 Å². The fourth-order valence-corrected chi connectivity index (χ4v) is 2.19. The number of hydrogen-bond donors (Lipinski definition) is 2. The van der Waals surface area contributed by atoms with Gasteiger partial charge in [0.2, 0.25) is 5.88 Å². The minimum Gasteiger partial charge on any atom is -0.480 e. The van der Waals surface area contributed by atoms with E-state index in [1.54, 1.807) is 36.4 Å². The molecule has 0 aliphatic carbocycles. The lowest BCUT2D eigenvalue weighted by Gasteiger charge is -2.09. The fourth-order valence-electron chi connectivity index (χ4n) is 2.19. The molecule has 3 rings (SSSR count). The van der Waals surface area contributed by atoms with Gasteiger partial charge in [0.25, 0.3) is 0 Å². The third-order valence-corrected chi connectivity index (χ3v) is 3.46. The standard InChI is InChI=1S/C18H14F2N4O2/c1-26-17-9-8-15(23-24-17)11-2-5-13(6-3-11)21-18(25)22-16-10-12(19)4-7-14(16)20/h2-10H,1H3,(H2,21,22,25). The highest BCUT2D eigenvalue weighted by atomic mass is 19.1. The Morgan fingerprint density at radius 1 is 0.962 bits per heavy atom. The van der Waals surface area contributed by atoms with Gasteiger partial charge in [0.15, 0.2) is 0 Å². The van der Waals surface area contributed by atoms with Crippen LogP contribution in [0.3, 0.4) is 0 Å². The number of carbonyl (C=O) groups excluding carboxylic acids is 1. The number of ether oxygens (including phenoxy) is 1. The van der Waals surface area contributed by atoms with E-state index in [0.717, 1.165) is 23.8 Å². The number of rotatable bonds is 4. The average molecular weight is 356 g/mol. The predicted molar refractivity (Wildman–Crippen MR) is 93.0 cm³/mol. The molecule has 132 valence electrons. The van der Waals surface area contributed by atoms with Crippen molar-refractivity contribution in [3.8, 4) is 17.1 Å². The number of benzene rings is 2. The van der Waals surface area contributed by atoms with E-state index >= 15 is 0 Å². The summed E-state index contributed by atoms with van der Waals surface area (Å²) in [4.78, 5) is 11.9. The van der Waals surface area contributed by atoms with Crippen molar-refractivity contribution in [1.82, 2.24) is 10.2 Å². The van der Waals surface area contributed by atoms with Crippen LogP contribution in [-0.2, 0) is 0 Å². The number of hydrogen-bond acceptors (Lipinski definition) is 4. The molecule has 0 unspecified atom stereocenters. The highest BCUT2D eigenvalue weighted by Crippen LogP contribution is 2.21. The predicted octanol–water partition coefficient (Wildman–Crippen LogP) is 4.07. The second-order valence-corrected chi connectivity index (χ2v) is 5.24. The molecule has 0 atom stereocenters. The van der Waals surface area contributed by atoms with E-state index in [2.05, 4.69) is 20.8 Å². The van der Waals surface area contributed by atoms with E-state index in [4.69, 9.17) is 4.74 Å². The smallest absolute Gasteiger partial charge is 0.323 e. The summed E-state index contributed by atoms with van der Waals surface area (Å²) < 4.78 is 31.6. The van der Waals surface area contributed by atoms with Crippen LogP contribution in [0.4, 0.5) is 25.0 Å². The van der Waals surface area contributed by atoms with Crippen molar-refractivity contribution in [1.29, 1.82) is 0 Å². The molecule has 2 aromatic carbocycles. The van der Waals surface area contributed by atoms with Crippen LogP contribution in [0.2, 0.25) is 0 Å². The Balaban J connectivity index is 1.66. The first kappa shape index (κ1) is 17.3. The Morgan fingerprint density at radius 2 is 1.73 bits per heavy atom. The van der Waals surface area contributed by atoms with E-state index in [1.165, 1.54) is 7.11 Å². The van der Waals surface area contributed by atoms with Gasteiger partial charge < -0.3 is 15.4 Å². The number of anilines is 2. The first-order valence-electron chi connectivity index (χ1n) is 7.56. The summed E-state index contributed by atoms with van der Waals surface area (Å²) >= 11 is 0. The van der Waals surface area contributed by atoms with Gasteiger partial charge in [-0.3, -0.25) is 0 Å². The summed E-state index contributed by atoms with van der Waals surface area (Å²) in [5.74, 6) is -0.963. The fraction of sp³-hybridized carbons (Fsp3) is 0.0556. The molecule has 8 heteroatoms. The molecule has 0 aliphatic heterocycles. The van der Waals surface area contributed by atoms with Gasteiger partial charge in [-0.15, -0.1) is 10.2 Å². The maximum Gasteiger partial charge on any atom is 0.323 e. The number of carbonyl (C=O) groups is 1. The van der Waals surface area contributed by atoms with Crippen LogP contribution >= 0.6 is 0 Å². The molecule has 1 aromatic heterocycles. The van der Waals surface area contributed by atoms with Gasteiger partial charge in [-0.2, -0.15) is 0 Å². The third-order valence-electron chi connectivity index (χ3n) is 3.46. The molecule has 0 bridgehead atoms. The number of amides is 2. The van der Waals surface area contributed by atoms with Gasteiger partial charge in [-0.25, -0.2) is 13.6 Å². The maximum atomic E-state index is 13.5. The lowest BCUT2D eigenvalue weighted by atomic mass is 10.1. The molecule has 0 aliphatic rings. The monoisotopic (exact) mass is 356 g/mol. The topological polar surface area (TPSA) is 76.1 Å². The zero-order chi connectivity index (χ0) is 18.5. The van der Waals surface area contributed by atoms with Crippen molar-refractivity contribution in [3.05, 3.63) is 66.2 Å². The van der Waals surface area contributed by atoms with Gasteiger partial charge in [0.05, 0.1) is 18.5 Å². The van der Waals surface area contributed by atoms with Crippen molar-refractivity contribution in [2.24, 2.45) is 0 Å². The molecule has 0 saturated carbocycles. The van der Waals surface area contributed by atoms with Crippen LogP contribution in [0.15, 0.2) is 54.6 Å². The van der Waals surface area contributed by atoms with Gasteiger partial charge >= 0.3 is 6.03 Å². The summed E-state index contributed by atoms with van der Waals surface area (Å²) in [6.45, 7) is 0. The Labute approximate surface area is 147 Å². The SMILES string of the molecule is COc1ccc(-c2ccc(NC(=O)Nc3cc(F)ccc3F)cc2)nn1. The molecular formula is C18H14F2N4O2. The molecule has 3 aromatic rings. The Morgan fingerprint density at radius 3 is 2.38 bits per heavy atom. The minimum atomic E-state index is -0.727. The van der Waals surface area contributed by atoms with E-state index in [1.807, 2.05) is 0 Å². The Hall–Kier alpha value is -3.55. The number of nitrogens with zero attached hydrogens (tertiary/aromatic N) is 2. The molecule has 6 nitrogen and oxygen atoms in total. The van der Waals surface area contributed by atoms with Crippen LogP contribution in [0.5, 0.6) is 5.88 Å². The van der Waals surface area contributed by atoms with Gasteiger partial charge in [0.1, 0.15) is 11.6 Å². The second kappa shape index (κ2) is 7.56. The molecule has 0 radical (unpaired) electrons. The zero-order valence-corrected chi connectivity index (χ0v) is 13.7. The van der Waals surface area contributed by atoms with Crippen molar-refractivity contribution >= 4 is 17.4 Å². The van der Waals surface area contributed by atoms with Crippen molar-refractivity contribution in [2.45, 2.75) is 0 Å². The first-order valence-corrected chi connectivity index (χ1v) is 7.56. The second-order valence-electron chi connectivity index (χ2n) is 5.24. The molecule has 0 spiro atoms. The molecule has 0 saturated heterocycles. The molecule has 26 heavy (non-hydrogen) atoms. The zero-order valence-electron chi connectivity index (χ0n) is 13.7. The number of nitrogens with one attached hydrogen (secondary N) is 2. The summed E-state index contributed by atoms with van der Waals surface area (Å²) in [6, 6.07) is 12.4. The molecular weight excluding hydrogens is 342 g/mol. The lowest BCUT2D eigenvalue weighted by molar-refractivity contribution is 0.262. The summed E-state index contributed by atoms with van der Waals surface area (Å²) in [5.41, 5.74) is 1.67. The lowest BCUT2D eigenvalue weighted by Crippen LogP contribution is -2.20. The minimum absolute atomic E-state index is 0.243. The summed E-state index contributed by atoms with van der Waals surface area (Å²) in [7, 11) is 1.50. The number of halogens is 2. The van der Waals surface area contributed by atoms with Crippen LogP contribution in [0.25, 0.3) is 11.3 Å². The Kier molecular flexibility index (Phi) is 5.02. The van der Waals surface area contributed by atoms with Crippen LogP contribution < -0.4 is 15.4 Å². The van der Waals surface area contributed by atoms with Crippen LogP contribution in [0.1, 0.15) is 0 Å². The van der Waals surface area contributed by atoms with Gasteiger partial charge in [-0.1, -0.05) is 12.1 Å². The maximum absolute atomic E-state index is 13.5. The highest BCUT2D eigenvalue weighted by Gasteiger charge is 2.09. The first-order chi connectivity index (χ1) is 12.5. The molecule has 0 fully saturated rings. The van der Waals surface area contributed by atoms with E-state index in [9.17, 15) is 13.6 Å². The summed E-state index contributed by atoms with van der Waals surface area (Å²) in [5, 5.41) is 12.7. The normalized spacial score (nSPS) is 10.3. The van der Waals surface area contributed by atoms with Crippen molar-refractivity contribution in [2.75, 3.05) is 17.7 Å². The van der Waals surface area contributed by atoms with Crippen LogP contribution in [-0.4, -0.2) is 23.3 Å². The van der Waals surface area contributed by atoms with Gasteiger partial charge in [-0.05, 0) is 30.3 Å². The largest absolute Gasteiger partial charge is 0.480 e. The number of methoxy groups -OCH3 is 1. The molecule has 1 heterocycles. The number of urea groups is 1.